The van der Waals surface area contributed by atoms with Crippen LogP contribution in [0.5, 0.6) is 0 Å². The number of hydrogen-bond donors (Lipinski definition) is 0. The first-order chi connectivity index (χ1) is 13.6. The third-order valence-corrected chi connectivity index (χ3v) is 5.70. The van der Waals surface area contributed by atoms with Gasteiger partial charge in [-0.1, -0.05) is 33.2 Å². The van der Waals surface area contributed by atoms with E-state index in [9.17, 15) is 4.79 Å². The second kappa shape index (κ2) is 8.45. The second-order valence-electron chi connectivity index (χ2n) is 7.15. The number of carbonyl (C=O) groups is 1. The Labute approximate surface area is 173 Å². The van der Waals surface area contributed by atoms with Gasteiger partial charge in [0, 0.05) is 67.5 Å². The van der Waals surface area contributed by atoms with Gasteiger partial charge in [0.2, 0.25) is 6.10 Å². The summed E-state index contributed by atoms with van der Waals surface area (Å²) in [6, 6.07) is 7.91. The topological polar surface area (TPSA) is 63.0 Å². The molecule has 8 heteroatoms. The molecule has 1 fully saturated rings. The molecule has 1 atom stereocenters. The minimum atomic E-state index is -0.511. The molecule has 1 unspecified atom stereocenters. The fourth-order valence-electron chi connectivity index (χ4n) is 3.60. The number of carbonyl (C=O) groups excluding carboxylic acids is 1. The van der Waals surface area contributed by atoms with Crippen LogP contribution in [-0.2, 0) is 22.7 Å². The summed E-state index contributed by atoms with van der Waals surface area (Å²) in [6.07, 6.45) is 4.02. The molecule has 2 aliphatic rings. The van der Waals surface area contributed by atoms with E-state index >= 15 is 0 Å². The van der Waals surface area contributed by atoms with Gasteiger partial charge in [-0.3, -0.25) is 14.4 Å². The van der Waals surface area contributed by atoms with Gasteiger partial charge < -0.3 is 9.74 Å². The van der Waals surface area contributed by atoms with Crippen LogP contribution in [0.1, 0.15) is 24.5 Å². The van der Waals surface area contributed by atoms with E-state index < -0.39 is 6.10 Å². The van der Waals surface area contributed by atoms with Gasteiger partial charge in [-0.05, 0) is 19.1 Å². The summed E-state index contributed by atoms with van der Waals surface area (Å²) in [4.78, 5) is 22.6. The molecule has 4 rings (SSSR count). The van der Waals surface area contributed by atoms with E-state index in [4.69, 9.17) is 4.84 Å². The maximum absolute atomic E-state index is 12.8. The lowest BCUT2D eigenvalue weighted by Crippen LogP contribution is -2.51. The first-order valence-corrected chi connectivity index (χ1v) is 10.4. The Morgan fingerprint density at radius 2 is 2.11 bits per heavy atom. The normalized spacial score (nSPS) is 20.1. The highest BCUT2D eigenvalue weighted by molar-refractivity contribution is 9.10. The van der Waals surface area contributed by atoms with Crippen molar-refractivity contribution in [2.75, 3.05) is 26.2 Å². The van der Waals surface area contributed by atoms with Crippen LogP contribution < -0.4 is 0 Å². The molecule has 0 bridgehead atoms. The molecule has 1 saturated heterocycles. The standard InChI is InChI=1S/C20H24BrN5O2/c1-2-26-14-15(12-22-26)13-24-6-8-25(9-7-24)20(27)19-11-18(23-28-19)16-4-3-5-17(21)10-16/h3-5,10,12,14,19H,2,6-9,11,13H2,1H3. The Hall–Kier alpha value is -2.19. The second-order valence-corrected chi connectivity index (χ2v) is 8.07. The van der Waals surface area contributed by atoms with Crippen molar-refractivity contribution in [3.05, 3.63) is 52.3 Å². The van der Waals surface area contributed by atoms with Crippen LogP contribution in [0.25, 0.3) is 0 Å². The number of nitrogens with zero attached hydrogens (tertiary/aromatic N) is 5. The smallest absolute Gasteiger partial charge is 0.266 e. The number of halogens is 1. The fourth-order valence-corrected chi connectivity index (χ4v) is 4.00. The summed E-state index contributed by atoms with van der Waals surface area (Å²) in [7, 11) is 0. The number of hydrogen-bond acceptors (Lipinski definition) is 5. The molecule has 1 aromatic carbocycles. The van der Waals surface area contributed by atoms with Crippen LogP contribution in [0.4, 0.5) is 0 Å². The Balaban J connectivity index is 1.27. The lowest BCUT2D eigenvalue weighted by molar-refractivity contribution is -0.143. The van der Waals surface area contributed by atoms with Crippen LogP contribution >= 0.6 is 15.9 Å². The molecule has 3 heterocycles. The number of aryl methyl sites for hydroxylation is 1. The van der Waals surface area contributed by atoms with Crippen molar-refractivity contribution in [3.8, 4) is 0 Å². The first-order valence-electron chi connectivity index (χ1n) is 9.63. The van der Waals surface area contributed by atoms with Crippen molar-refractivity contribution in [2.24, 2.45) is 5.16 Å². The Bertz CT molecular complexity index is 873. The molecule has 1 aromatic heterocycles. The molecule has 148 valence electrons. The number of rotatable bonds is 5. The van der Waals surface area contributed by atoms with Gasteiger partial charge in [-0.25, -0.2) is 0 Å². The molecule has 28 heavy (non-hydrogen) atoms. The molecule has 0 saturated carbocycles. The highest BCUT2D eigenvalue weighted by atomic mass is 79.9. The van der Waals surface area contributed by atoms with Crippen molar-refractivity contribution < 1.29 is 9.63 Å². The molecule has 0 N–H and O–H groups in total. The van der Waals surface area contributed by atoms with Crippen LogP contribution in [-0.4, -0.2) is 63.5 Å². The Kier molecular flexibility index (Phi) is 5.77. The maximum atomic E-state index is 12.8. The SMILES string of the molecule is CCn1cc(CN2CCN(C(=O)C3CC(c4cccc(Br)c4)=NO3)CC2)cn1. The summed E-state index contributed by atoms with van der Waals surface area (Å²) < 4.78 is 2.93. The quantitative estimate of drug-likeness (QED) is 0.708. The molecule has 0 aliphatic carbocycles. The number of oxime groups is 1. The first kappa shape index (κ1) is 19.1. The molecular weight excluding hydrogens is 422 g/mol. The summed E-state index contributed by atoms with van der Waals surface area (Å²) in [6.45, 7) is 6.98. The molecular formula is C20H24BrN5O2. The largest absolute Gasteiger partial charge is 0.382 e. The van der Waals surface area contributed by atoms with Gasteiger partial charge in [0.1, 0.15) is 0 Å². The summed E-state index contributed by atoms with van der Waals surface area (Å²) in [5.41, 5.74) is 3.03. The third-order valence-electron chi connectivity index (χ3n) is 5.20. The average Bonchev–Trinajstić information content (AvgIpc) is 3.38. The number of amides is 1. The molecule has 2 aliphatic heterocycles. The van der Waals surface area contributed by atoms with Crippen LogP contribution in [0, 0.1) is 0 Å². The van der Waals surface area contributed by atoms with Crippen molar-refractivity contribution in [1.29, 1.82) is 0 Å². The van der Waals surface area contributed by atoms with E-state index in [-0.39, 0.29) is 5.91 Å². The monoisotopic (exact) mass is 445 g/mol. The van der Waals surface area contributed by atoms with Gasteiger partial charge in [0.15, 0.2) is 0 Å². The Morgan fingerprint density at radius 1 is 1.29 bits per heavy atom. The van der Waals surface area contributed by atoms with E-state index in [1.54, 1.807) is 0 Å². The number of aromatic nitrogens is 2. The van der Waals surface area contributed by atoms with Gasteiger partial charge in [-0.15, -0.1) is 0 Å². The van der Waals surface area contributed by atoms with Gasteiger partial charge >= 0.3 is 0 Å². The maximum Gasteiger partial charge on any atom is 0.266 e. The van der Waals surface area contributed by atoms with E-state index in [2.05, 4.69) is 44.2 Å². The zero-order valence-corrected chi connectivity index (χ0v) is 17.5. The zero-order chi connectivity index (χ0) is 19.5. The lowest BCUT2D eigenvalue weighted by Gasteiger charge is -2.35. The summed E-state index contributed by atoms with van der Waals surface area (Å²) in [5.74, 6) is 0.0344. The molecule has 1 amide bonds. The molecule has 0 radical (unpaired) electrons. The van der Waals surface area contributed by atoms with Gasteiger partial charge in [-0.2, -0.15) is 5.10 Å². The summed E-state index contributed by atoms with van der Waals surface area (Å²) >= 11 is 3.47. The predicted octanol–water partition coefficient (Wildman–Crippen LogP) is 2.50. The van der Waals surface area contributed by atoms with E-state index in [1.807, 2.05) is 40.0 Å². The third kappa shape index (κ3) is 4.28. The van der Waals surface area contributed by atoms with Gasteiger partial charge in [0.05, 0.1) is 11.9 Å². The van der Waals surface area contributed by atoms with Crippen molar-refractivity contribution in [3.63, 3.8) is 0 Å². The number of piperazine rings is 1. The highest BCUT2D eigenvalue weighted by Crippen LogP contribution is 2.21. The van der Waals surface area contributed by atoms with E-state index in [0.717, 1.165) is 41.9 Å². The average molecular weight is 446 g/mol. The molecule has 0 spiro atoms. The predicted molar refractivity (Wildman–Crippen MR) is 110 cm³/mol. The lowest BCUT2D eigenvalue weighted by atomic mass is 10.0. The molecule has 2 aromatic rings. The van der Waals surface area contributed by atoms with Crippen molar-refractivity contribution >= 4 is 27.5 Å². The number of benzene rings is 1. The van der Waals surface area contributed by atoms with Crippen molar-refractivity contribution in [1.82, 2.24) is 19.6 Å². The van der Waals surface area contributed by atoms with Crippen LogP contribution in [0.3, 0.4) is 0 Å². The van der Waals surface area contributed by atoms with Gasteiger partial charge in [0.25, 0.3) is 5.91 Å². The zero-order valence-electron chi connectivity index (χ0n) is 15.9. The van der Waals surface area contributed by atoms with Crippen molar-refractivity contribution in [2.45, 2.75) is 32.5 Å². The van der Waals surface area contributed by atoms with E-state index in [0.29, 0.717) is 19.5 Å². The van der Waals surface area contributed by atoms with Crippen LogP contribution in [0.2, 0.25) is 0 Å². The molecule has 7 nitrogen and oxygen atoms in total. The summed E-state index contributed by atoms with van der Waals surface area (Å²) in [5, 5.41) is 8.48. The fraction of sp³-hybridized carbons (Fsp3) is 0.450. The Morgan fingerprint density at radius 3 is 2.82 bits per heavy atom. The minimum Gasteiger partial charge on any atom is -0.382 e. The van der Waals surface area contributed by atoms with E-state index in [1.165, 1.54) is 5.56 Å². The highest BCUT2D eigenvalue weighted by Gasteiger charge is 2.33. The van der Waals surface area contributed by atoms with Crippen LogP contribution in [0.15, 0.2) is 46.3 Å². The minimum absolute atomic E-state index is 0.0344.